The van der Waals surface area contributed by atoms with E-state index in [0.717, 1.165) is 30.0 Å². The van der Waals surface area contributed by atoms with Gasteiger partial charge in [0.25, 0.3) is 5.91 Å². The normalized spacial score (nSPS) is 24.3. The molecule has 0 radical (unpaired) electrons. The molecular formula is C19H14ClF3N2O3S2. The fraction of sp³-hybridized carbons (Fsp3) is 0.263. The molecule has 2 fully saturated rings. The first-order chi connectivity index (χ1) is 14.0. The maximum atomic E-state index is 13.3. The molecule has 5 nitrogen and oxygen atoms in total. The minimum Gasteiger partial charge on any atom is -0.314 e. The van der Waals surface area contributed by atoms with E-state index in [9.17, 15) is 26.4 Å². The SMILES string of the molecule is O=C(N=C1S[C@H]2CS(=O)(=O)C[C@@H]2N1c1cc(C(F)(F)F)ccc1Cl)c1ccccc1. The number of aliphatic imine (C=N–C) groups is 1. The molecule has 2 aromatic rings. The lowest BCUT2D eigenvalue weighted by atomic mass is 10.1. The first-order valence-corrected chi connectivity index (χ1v) is 11.8. The number of carbonyl (C=O) groups excluding carboxylic acids is 1. The predicted octanol–water partition coefficient (Wildman–Crippen LogP) is 4.27. The van der Waals surface area contributed by atoms with Crippen molar-refractivity contribution >= 4 is 50.0 Å². The highest BCUT2D eigenvalue weighted by Crippen LogP contribution is 2.44. The van der Waals surface area contributed by atoms with Crippen LogP contribution in [-0.4, -0.2) is 42.3 Å². The van der Waals surface area contributed by atoms with Crippen LogP contribution in [0.2, 0.25) is 5.02 Å². The van der Waals surface area contributed by atoms with Crippen molar-refractivity contribution in [2.24, 2.45) is 4.99 Å². The second-order valence-electron chi connectivity index (χ2n) is 6.90. The largest absolute Gasteiger partial charge is 0.416 e. The summed E-state index contributed by atoms with van der Waals surface area (Å²) in [6, 6.07) is 10.4. The highest BCUT2D eigenvalue weighted by atomic mass is 35.5. The van der Waals surface area contributed by atoms with Crippen molar-refractivity contribution in [1.29, 1.82) is 0 Å². The van der Waals surface area contributed by atoms with Gasteiger partial charge >= 0.3 is 6.18 Å². The highest BCUT2D eigenvalue weighted by Gasteiger charge is 2.50. The Kier molecular flexibility index (Phi) is 5.36. The van der Waals surface area contributed by atoms with Gasteiger partial charge in [0, 0.05) is 10.8 Å². The molecule has 11 heteroatoms. The molecule has 2 aliphatic rings. The lowest BCUT2D eigenvalue weighted by Crippen LogP contribution is -2.38. The van der Waals surface area contributed by atoms with Crippen molar-refractivity contribution < 1.29 is 26.4 Å². The molecule has 2 saturated heterocycles. The molecule has 0 unspecified atom stereocenters. The number of alkyl halides is 3. The van der Waals surface area contributed by atoms with Gasteiger partial charge in [0.05, 0.1) is 33.8 Å². The number of hydrogen-bond acceptors (Lipinski definition) is 4. The Bertz CT molecular complexity index is 1140. The Morgan fingerprint density at radius 3 is 2.50 bits per heavy atom. The highest BCUT2D eigenvalue weighted by molar-refractivity contribution is 8.16. The summed E-state index contributed by atoms with van der Waals surface area (Å²) in [5, 5.41) is -0.314. The molecule has 1 amide bonds. The number of halogens is 4. The number of amides is 1. The van der Waals surface area contributed by atoms with E-state index in [2.05, 4.69) is 4.99 Å². The molecule has 30 heavy (non-hydrogen) atoms. The number of benzene rings is 2. The summed E-state index contributed by atoms with van der Waals surface area (Å²) in [7, 11) is -3.37. The minimum atomic E-state index is -4.61. The second kappa shape index (κ2) is 7.58. The number of carbonyl (C=O) groups is 1. The van der Waals surface area contributed by atoms with E-state index in [1.54, 1.807) is 30.3 Å². The topological polar surface area (TPSA) is 66.8 Å². The van der Waals surface area contributed by atoms with E-state index >= 15 is 0 Å². The van der Waals surface area contributed by atoms with Gasteiger partial charge in [0.15, 0.2) is 15.0 Å². The van der Waals surface area contributed by atoms with E-state index in [-0.39, 0.29) is 27.4 Å². The van der Waals surface area contributed by atoms with E-state index < -0.39 is 38.8 Å². The van der Waals surface area contributed by atoms with Gasteiger partial charge in [-0.3, -0.25) is 4.79 Å². The molecule has 2 atom stereocenters. The maximum Gasteiger partial charge on any atom is 0.416 e. The van der Waals surface area contributed by atoms with E-state index in [1.807, 2.05) is 0 Å². The van der Waals surface area contributed by atoms with Crippen molar-refractivity contribution in [3.8, 4) is 0 Å². The maximum absolute atomic E-state index is 13.3. The number of sulfone groups is 1. The van der Waals surface area contributed by atoms with E-state index in [1.165, 1.54) is 4.90 Å². The Balaban J connectivity index is 1.80. The van der Waals surface area contributed by atoms with Crippen LogP contribution in [0.15, 0.2) is 53.5 Å². The fourth-order valence-corrected chi connectivity index (χ4v) is 7.57. The Hall–Kier alpha value is -2.04. The average molecular weight is 475 g/mol. The summed E-state index contributed by atoms with van der Waals surface area (Å²) >= 11 is 7.27. The molecular weight excluding hydrogens is 461 g/mol. The van der Waals surface area contributed by atoms with Crippen LogP contribution >= 0.6 is 23.4 Å². The first-order valence-electron chi connectivity index (χ1n) is 8.76. The molecule has 4 rings (SSSR count). The molecule has 0 aliphatic carbocycles. The summed E-state index contributed by atoms with van der Waals surface area (Å²) in [5.74, 6) is -0.974. The molecule has 0 bridgehead atoms. The summed E-state index contributed by atoms with van der Waals surface area (Å²) < 4.78 is 64.0. The minimum absolute atomic E-state index is 0.00779. The zero-order valence-corrected chi connectivity index (χ0v) is 17.5. The number of hydrogen-bond donors (Lipinski definition) is 0. The first kappa shape index (κ1) is 21.2. The zero-order valence-electron chi connectivity index (χ0n) is 15.1. The zero-order chi connectivity index (χ0) is 21.7. The fourth-order valence-electron chi connectivity index (χ4n) is 3.45. The quantitative estimate of drug-likeness (QED) is 0.650. The third kappa shape index (κ3) is 4.08. The van der Waals surface area contributed by atoms with Gasteiger partial charge in [-0.1, -0.05) is 41.6 Å². The molecule has 2 aliphatic heterocycles. The van der Waals surface area contributed by atoms with Crippen molar-refractivity contribution in [1.82, 2.24) is 0 Å². The second-order valence-corrected chi connectivity index (χ2v) is 10.7. The molecule has 158 valence electrons. The van der Waals surface area contributed by atoms with Gasteiger partial charge < -0.3 is 4.90 Å². The monoisotopic (exact) mass is 474 g/mol. The van der Waals surface area contributed by atoms with E-state index in [4.69, 9.17) is 11.6 Å². The molecule has 0 N–H and O–H groups in total. The van der Waals surface area contributed by atoms with Gasteiger partial charge in [0.2, 0.25) is 0 Å². The summed E-state index contributed by atoms with van der Waals surface area (Å²) in [4.78, 5) is 18.0. The van der Waals surface area contributed by atoms with Crippen LogP contribution in [0, 0.1) is 0 Å². The molecule has 0 spiro atoms. The standard InChI is InChI=1S/C19H14ClF3N2O3S2/c20-13-7-6-12(19(21,22)23)8-14(13)25-15-9-30(27,28)10-16(15)29-18(25)24-17(26)11-4-2-1-3-5-11/h1-8,15-16H,9-10H2/t15-,16-/m0/s1. The molecule has 0 saturated carbocycles. The van der Waals surface area contributed by atoms with Crippen LogP contribution in [0.1, 0.15) is 15.9 Å². The van der Waals surface area contributed by atoms with Gasteiger partial charge in [-0.2, -0.15) is 18.2 Å². The van der Waals surface area contributed by atoms with Crippen LogP contribution in [-0.2, 0) is 16.0 Å². The van der Waals surface area contributed by atoms with Crippen LogP contribution in [0.3, 0.4) is 0 Å². The van der Waals surface area contributed by atoms with Crippen LogP contribution < -0.4 is 4.90 Å². The number of thioether (sulfide) groups is 1. The third-order valence-corrected chi connectivity index (χ3v) is 8.35. The number of anilines is 1. The van der Waals surface area contributed by atoms with Gasteiger partial charge in [0.1, 0.15) is 0 Å². The number of nitrogens with zero attached hydrogens (tertiary/aromatic N) is 2. The Labute approximate surface area is 179 Å². The number of amidine groups is 1. The third-order valence-electron chi connectivity index (χ3n) is 4.82. The number of fused-ring (bicyclic) bond motifs is 1. The summed E-state index contributed by atoms with van der Waals surface area (Å²) in [6.07, 6.45) is -4.61. The van der Waals surface area contributed by atoms with E-state index in [0.29, 0.717) is 5.56 Å². The van der Waals surface area contributed by atoms with Gasteiger partial charge in [-0.05, 0) is 30.3 Å². The van der Waals surface area contributed by atoms with Crippen molar-refractivity contribution in [3.05, 3.63) is 64.7 Å². The van der Waals surface area contributed by atoms with Gasteiger partial charge in [-0.15, -0.1) is 0 Å². The van der Waals surface area contributed by atoms with Crippen molar-refractivity contribution in [2.45, 2.75) is 17.5 Å². The van der Waals surface area contributed by atoms with Crippen LogP contribution in [0.4, 0.5) is 18.9 Å². The van der Waals surface area contributed by atoms with Crippen LogP contribution in [0.5, 0.6) is 0 Å². The summed E-state index contributed by atoms with van der Waals surface area (Å²) in [5.41, 5.74) is -0.640. The van der Waals surface area contributed by atoms with Crippen LogP contribution in [0.25, 0.3) is 0 Å². The Morgan fingerprint density at radius 2 is 1.83 bits per heavy atom. The molecule has 0 aromatic heterocycles. The Morgan fingerprint density at radius 1 is 1.13 bits per heavy atom. The van der Waals surface area contributed by atoms with Gasteiger partial charge in [-0.25, -0.2) is 8.42 Å². The number of rotatable bonds is 2. The summed E-state index contributed by atoms with van der Waals surface area (Å²) in [6.45, 7) is 0. The smallest absolute Gasteiger partial charge is 0.314 e. The lowest BCUT2D eigenvalue weighted by molar-refractivity contribution is -0.137. The molecule has 2 aromatic carbocycles. The lowest BCUT2D eigenvalue weighted by Gasteiger charge is -2.26. The predicted molar refractivity (Wildman–Crippen MR) is 111 cm³/mol. The molecule has 2 heterocycles. The average Bonchev–Trinajstić information content (AvgIpc) is 3.13. The van der Waals surface area contributed by atoms with Crippen molar-refractivity contribution in [3.63, 3.8) is 0 Å². The van der Waals surface area contributed by atoms with Crippen molar-refractivity contribution in [2.75, 3.05) is 16.4 Å².